The number of aromatic nitrogens is 4. The number of hydrogen-bond donors (Lipinski definition) is 0. The predicted molar refractivity (Wildman–Crippen MR) is 63.1 cm³/mol. The van der Waals surface area contributed by atoms with E-state index < -0.39 is 0 Å². The maximum atomic E-state index is 8.95. The quantitative estimate of drug-likeness (QED) is 0.774. The van der Waals surface area contributed by atoms with Gasteiger partial charge < -0.3 is 0 Å². The summed E-state index contributed by atoms with van der Waals surface area (Å²) in [6, 6.07) is 3.79. The van der Waals surface area contributed by atoms with Gasteiger partial charge in [-0.1, -0.05) is 11.6 Å². The molecule has 86 valence electrons. The second-order valence-corrected chi connectivity index (χ2v) is 4.05. The van der Waals surface area contributed by atoms with Crippen LogP contribution in [0.5, 0.6) is 0 Å². The Kier molecular flexibility index (Phi) is 2.82. The van der Waals surface area contributed by atoms with E-state index in [0.717, 1.165) is 5.69 Å². The van der Waals surface area contributed by atoms with Crippen molar-refractivity contribution >= 4 is 11.6 Å². The summed E-state index contributed by atoms with van der Waals surface area (Å²) in [5.41, 5.74) is 1.79. The Morgan fingerprint density at radius 2 is 2.00 bits per heavy atom. The molecule has 0 spiro atoms. The predicted octanol–water partition coefficient (Wildman–Crippen LogP) is 2.11. The monoisotopic (exact) mass is 247 g/mol. The summed E-state index contributed by atoms with van der Waals surface area (Å²) < 4.78 is 1.46. The van der Waals surface area contributed by atoms with Crippen LogP contribution in [0.3, 0.4) is 0 Å². The fourth-order valence-electron chi connectivity index (χ4n) is 1.58. The standard InChI is InChI=1S/C11H10ClN5/c1-6-4-10(15-8(3)14-6)17-11(12)9(5-13)7(2)16-17/h4H,1-3H3. The van der Waals surface area contributed by atoms with E-state index in [0.29, 0.717) is 22.9 Å². The molecule has 0 fully saturated rings. The third kappa shape index (κ3) is 1.99. The molecule has 0 aliphatic carbocycles. The van der Waals surface area contributed by atoms with Gasteiger partial charge in [0.25, 0.3) is 0 Å². The average molecular weight is 248 g/mol. The molecule has 0 aliphatic rings. The van der Waals surface area contributed by atoms with Gasteiger partial charge in [0.15, 0.2) is 11.0 Å². The largest absolute Gasteiger partial charge is 0.238 e. The van der Waals surface area contributed by atoms with Crippen molar-refractivity contribution < 1.29 is 0 Å². The molecule has 0 N–H and O–H groups in total. The second kappa shape index (κ2) is 4.15. The second-order valence-electron chi connectivity index (χ2n) is 3.69. The van der Waals surface area contributed by atoms with Crippen molar-refractivity contribution in [1.82, 2.24) is 19.7 Å². The molecule has 2 rings (SSSR count). The number of rotatable bonds is 1. The first-order chi connectivity index (χ1) is 8.02. The highest BCUT2D eigenvalue weighted by Crippen LogP contribution is 2.21. The highest BCUT2D eigenvalue weighted by molar-refractivity contribution is 6.31. The highest BCUT2D eigenvalue weighted by atomic mass is 35.5. The molecule has 0 aliphatic heterocycles. The molecule has 0 saturated heterocycles. The van der Waals surface area contributed by atoms with Gasteiger partial charge in [0.05, 0.1) is 5.69 Å². The van der Waals surface area contributed by atoms with Crippen molar-refractivity contribution in [3.63, 3.8) is 0 Å². The molecule has 2 heterocycles. The normalized spacial score (nSPS) is 10.3. The molecular formula is C11H10ClN5. The lowest BCUT2D eigenvalue weighted by atomic mass is 10.3. The van der Waals surface area contributed by atoms with Gasteiger partial charge in [0, 0.05) is 11.8 Å². The summed E-state index contributed by atoms with van der Waals surface area (Å²) in [4.78, 5) is 8.43. The van der Waals surface area contributed by atoms with Gasteiger partial charge >= 0.3 is 0 Å². The topological polar surface area (TPSA) is 67.4 Å². The SMILES string of the molecule is Cc1cc(-n2nc(C)c(C#N)c2Cl)nc(C)n1. The Hall–Kier alpha value is -1.93. The molecule has 0 unspecified atom stereocenters. The Morgan fingerprint density at radius 1 is 1.29 bits per heavy atom. The van der Waals surface area contributed by atoms with Crippen LogP contribution >= 0.6 is 11.6 Å². The van der Waals surface area contributed by atoms with Gasteiger partial charge in [0.1, 0.15) is 17.5 Å². The zero-order chi connectivity index (χ0) is 12.6. The molecule has 0 bridgehead atoms. The Morgan fingerprint density at radius 3 is 2.53 bits per heavy atom. The Bertz CT molecular complexity index is 603. The highest BCUT2D eigenvalue weighted by Gasteiger charge is 2.15. The van der Waals surface area contributed by atoms with Crippen LogP contribution in [-0.2, 0) is 0 Å². The van der Waals surface area contributed by atoms with Crippen molar-refractivity contribution in [1.29, 1.82) is 5.26 Å². The van der Waals surface area contributed by atoms with Gasteiger partial charge in [-0.25, -0.2) is 14.6 Å². The molecule has 0 aromatic carbocycles. The first-order valence-corrected chi connectivity index (χ1v) is 5.38. The Labute approximate surface area is 104 Å². The lowest BCUT2D eigenvalue weighted by Crippen LogP contribution is -2.03. The molecule has 2 aromatic heterocycles. The molecular weight excluding hydrogens is 238 g/mol. The van der Waals surface area contributed by atoms with E-state index in [1.165, 1.54) is 4.68 Å². The number of halogens is 1. The van der Waals surface area contributed by atoms with Gasteiger partial charge in [0.2, 0.25) is 0 Å². The molecule has 0 amide bonds. The molecule has 6 heteroatoms. The van der Waals surface area contributed by atoms with Gasteiger partial charge in [-0.3, -0.25) is 0 Å². The van der Waals surface area contributed by atoms with E-state index in [1.54, 1.807) is 19.9 Å². The van der Waals surface area contributed by atoms with E-state index in [-0.39, 0.29) is 5.15 Å². The third-order valence-electron chi connectivity index (χ3n) is 2.29. The van der Waals surface area contributed by atoms with Crippen LogP contribution in [0.2, 0.25) is 5.15 Å². The van der Waals surface area contributed by atoms with Crippen LogP contribution in [0, 0.1) is 32.1 Å². The number of nitrogens with zero attached hydrogens (tertiary/aromatic N) is 5. The molecule has 0 saturated carbocycles. The van der Waals surface area contributed by atoms with Crippen LogP contribution in [-0.4, -0.2) is 19.7 Å². The third-order valence-corrected chi connectivity index (χ3v) is 2.63. The molecule has 17 heavy (non-hydrogen) atoms. The Balaban J connectivity index is 2.65. The van der Waals surface area contributed by atoms with Crippen LogP contribution < -0.4 is 0 Å². The maximum Gasteiger partial charge on any atom is 0.159 e. The minimum Gasteiger partial charge on any atom is -0.238 e. The number of hydrogen-bond acceptors (Lipinski definition) is 4. The van der Waals surface area contributed by atoms with E-state index in [9.17, 15) is 0 Å². The van der Waals surface area contributed by atoms with E-state index in [1.807, 2.05) is 13.0 Å². The number of nitriles is 1. The summed E-state index contributed by atoms with van der Waals surface area (Å²) >= 11 is 6.09. The van der Waals surface area contributed by atoms with Crippen molar-refractivity contribution in [2.24, 2.45) is 0 Å². The zero-order valence-electron chi connectivity index (χ0n) is 9.69. The van der Waals surface area contributed by atoms with Crippen LogP contribution in [0.25, 0.3) is 5.82 Å². The summed E-state index contributed by atoms with van der Waals surface area (Å²) in [5, 5.41) is 13.4. The maximum absolute atomic E-state index is 8.95. The van der Waals surface area contributed by atoms with Crippen molar-refractivity contribution in [3.05, 3.63) is 34.0 Å². The van der Waals surface area contributed by atoms with Crippen LogP contribution in [0.15, 0.2) is 6.07 Å². The van der Waals surface area contributed by atoms with Crippen LogP contribution in [0.1, 0.15) is 22.8 Å². The smallest absolute Gasteiger partial charge is 0.159 e. The molecule has 2 aromatic rings. The van der Waals surface area contributed by atoms with Gasteiger partial charge in [-0.15, -0.1) is 0 Å². The molecule has 0 radical (unpaired) electrons. The first-order valence-electron chi connectivity index (χ1n) is 5.01. The summed E-state index contributed by atoms with van der Waals surface area (Å²) in [6.45, 7) is 5.40. The summed E-state index contributed by atoms with van der Waals surface area (Å²) in [6.07, 6.45) is 0. The van der Waals surface area contributed by atoms with Gasteiger partial charge in [-0.2, -0.15) is 10.4 Å². The average Bonchev–Trinajstić information content (AvgIpc) is 2.52. The lowest BCUT2D eigenvalue weighted by molar-refractivity contribution is 0.811. The number of aryl methyl sites for hydroxylation is 3. The lowest BCUT2D eigenvalue weighted by Gasteiger charge is -2.04. The fraction of sp³-hybridized carbons (Fsp3) is 0.273. The molecule has 0 atom stereocenters. The van der Waals surface area contributed by atoms with E-state index in [2.05, 4.69) is 15.1 Å². The van der Waals surface area contributed by atoms with Crippen molar-refractivity contribution in [2.75, 3.05) is 0 Å². The van der Waals surface area contributed by atoms with Crippen LogP contribution in [0.4, 0.5) is 0 Å². The zero-order valence-corrected chi connectivity index (χ0v) is 10.4. The first kappa shape index (κ1) is 11.6. The van der Waals surface area contributed by atoms with E-state index in [4.69, 9.17) is 16.9 Å². The van der Waals surface area contributed by atoms with Gasteiger partial charge in [-0.05, 0) is 20.8 Å². The summed E-state index contributed by atoms with van der Waals surface area (Å²) in [5.74, 6) is 1.22. The minimum atomic E-state index is 0.280. The summed E-state index contributed by atoms with van der Waals surface area (Å²) in [7, 11) is 0. The van der Waals surface area contributed by atoms with E-state index >= 15 is 0 Å². The van der Waals surface area contributed by atoms with Crippen molar-refractivity contribution in [2.45, 2.75) is 20.8 Å². The fourth-order valence-corrected chi connectivity index (χ4v) is 1.89. The molecule has 5 nitrogen and oxygen atoms in total. The minimum absolute atomic E-state index is 0.280. The van der Waals surface area contributed by atoms with Crippen molar-refractivity contribution in [3.8, 4) is 11.9 Å².